The number of ether oxygens (including phenoxy) is 1. The number of nitrogens with zero attached hydrogens (tertiary/aromatic N) is 4. The van der Waals surface area contributed by atoms with E-state index >= 15 is 0 Å². The Morgan fingerprint density at radius 1 is 1.14 bits per heavy atom. The molecule has 1 aromatic carbocycles. The first-order chi connectivity index (χ1) is 24.1. The van der Waals surface area contributed by atoms with E-state index in [2.05, 4.69) is 59.4 Å². The zero-order chi connectivity index (χ0) is 35.2. The Bertz CT molecular complexity index is 1790. The molecule has 1 aromatic heterocycles. The molecule has 3 heterocycles. The molecule has 2 aliphatic heterocycles. The van der Waals surface area contributed by atoms with Crippen LogP contribution in [0.5, 0.6) is 0 Å². The van der Waals surface area contributed by atoms with E-state index in [4.69, 9.17) is 38.8 Å². The second kappa shape index (κ2) is 16.6. The molecule has 0 radical (unpaired) electrons. The maximum atomic E-state index is 12.6. The first-order valence-corrected chi connectivity index (χ1v) is 18.0. The number of hydrogen-bond donors (Lipinski definition) is 3. The highest BCUT2D eigenvalue weighted by atomic mass is 35.5. The molecule has 2 aliphatic carbocycles. The number of amides is 2. The normalized spacial score (nSPS) is 22.6. The molecule has 50 heavy (non-hydrogen) atoms. The molecule has 2 aromatic rings. The fourth-order valence-electron chi connectivity index (χ4n) is 6.73. The van der Waals surface area contributed by atoms with Crippen LogP contribution in [-0.4, -0.2) is 100.0 Å². The summed E-state index contributed by atoms with van der Waals surface area (Å²) in [4.78, 5) is 28.0. The van der Waals surface area contributed by atoms with Gasteiger partial charge in [0.15, 0.2) is 0 Å². The van der Waals surface area contributed by atoms with E-state index in [1.165, 1.54) is 16.0 Å². The van der Waals surface area contributed by atoms with Crippen molar-refractivity contribution in [1.82, 2.24) is 24.9 Å². The number of alkyl halides is 1. The SMILES string of the molecule is C[C@H]1COCCN1C[C@@H](O)Cn1nc(-c2ccc(Cl)c(C#CC3C=CC(CNCC4=CCC(Cl)C=C4)=CC3)c2)c2c1CCN(C(=O)C(N)=O)C2. The van der Waals surface area contributed by atoms with E-state index in [9.17, 15) is 14.7 Å². The van der Waals surface area contributed by atoms with Gasteiger partial charge < -0.3 is 25.8 Å². The lowest BCUT2D eigenvalue weighted by Gasteiger charge is -2.34. The number of rotatable bonds is 9. The summed E-state index contributed by atoms with van der Waals surface area (Å²) in [7, 11) is 0. The number of fused-ring (bicyclic) bond motifs is 1. The Morgan fingerprint density at radius 2 is 1.92 bits per heavy atom. The molecule has 4 aliphatic rings. The summed E-state index contributed by atoms with van der Waals surface area (Å²) in [5, 5.41) is 20.2. The van der Waals surface area contributed by atoms with Crippen molar-refractivity contribution in [3.63, 3.8) is 0 Å². The Balaban J connectivity index is 1.16. The fourth-order valence-corrected chi connectivity index (χ4v) is 7.05. The summed E-state index contributed by atoms with van der Waals surface area (Å²) in [5.41, 5.74) is 11.7. The molecule has 2 amide bonds. The standard InChI is InChI=1S/C38H44Cl2N6O4/c1-25-24-50-17-16-44(25)21-32(47)22-46-35-14-15-45(38(49)37(41)48)23-33(35)36(43-46)30-10-13-34(40)29(18-30)9-6-26-2-4-27(5-3-26)19-42-20-28-7-11-31(39)12-8-28/h2,4-5,7-8,10-11,13,18,25-26,31-32,42,47H,3,12,14-17,19-24H2,1H3,(H2,41,48)/t25-,26?,31?,32+/m0/s1. The Labute approximate surface area is 303 Å². The van der Waals surface area contributed by atoms with Gasteiger partial charge in [-0.25, -0.2) is 0 Å². The van der Waals surface area contributed by atoms with Gasteiger partial charge in [0.2, 0.25) is 0 Å². The molecule has 0 spiro atoms. The van der Waals surface area contributed by atoms with Crippen molar-refractivity contribution in [3.8, 4) is 23.1 Å². The molecule has 0 saturated carbocycles. The van der Waals surface area contributed by atoms with Gasteiger partial charge in [0.1, 0.15) is 0 Å². The zero-order valence-corrected chi connectivity index (χ0v) is 29.8. The van der Waals surface area contributed by atoms with E-state index in [0.29, 0.717) is 55.5 Å². The molecule has 264 valence electrons. The zero-order valence-electron chi connectivity index (χ0n) is 28.3. The van der Waals surface area contributed by atoms with Crippen LogP contribution < -0.4 is 11.1 Å². The molecule has 4 N–H and O–H groups in total. The number of aromatic nitrogens is 2. The van der Waals surface area contributed by atoms with Crippen molar-refractivity contribution in [2.75, 3.05) is 45.9 Å². The highest BCUT2D eigenvalue weighted by molar-refractivity contribution is 6.34. The van der Waals surface area contributed by atoms with Crippen LogP contribution in [0.4, 0.5) is 0 Å². The highest BCUT2D eigenvalue weighted by Gasteiger charge is 2.31. The second-order valence-electron chi connectivity index (χ2n) is 13.3. The van der Waals surface area contributed by atoms with E-state index in [-0.39, 0.29) is 23.9 Å². The summed E-state index contributed by atoms with van der Waals surface area (Å²) in [6.45, 7) is 7.02. The number of β-amino-alcohol motifs (C(OH)–C–C–N with tert-alkyl or cyclic N) is 1. The molecule has 2 unspecified atom stereocenters. The average Bonchev–Trinajstić information content (AvgIpc) is 3.47. The number of morpholine rings is 1. The molecule has 0 bridgehead atoms. The predicted octanol–water partition coefficient (Wildman–Crippen LogP) is 3.59. The maximum absolute atomic E-state index is 12.6. The number of allylic oxidation sites excluding steroid dienone is 4. The van der Waals surface area contributed by atoms with E-state index in [1.807, 2.05) is 22.9 Å². The van der Waals surface area contributed by atoms with Gasteiger partial charge in [0, 0.05) is 73.5 Å². The number of carbonyl (C=O) groups is 2. The minimum absolute atomic E-state index is 0.0547. The smallest absolute Gasteiger partial charge is 0.311 e. The lowest BCUT2D eigenvalue weighted by atomic mass is 9.96. The lowest BCUT2D eigenvalue weighted by Crippen LogP contribution is -2.47. The van der Waals surface area contributed by atoms with Crippen LogP contribution in [-0.2, 0) is 33.8 Å². The summed E-state index contributed by atoms with van der Waals surface area (Å²) in [6.07, 6.45) is 14.3. The number of halogens is 2. The van der Waals surface area contributed by atoms with Crippen LogP contribution in [0.3, 0.4) is 0 Å². The number of aliphatic hydroxyl groups is 1. The van der Waals surface area contributed by atoms with Crippen molar-refractivity contribution >= 4 is 35.0 Å². The fraction of sp³-hybridized carbons (Fsp3) is 0.447. The number of hydrogen-bond acceptors (Lipinski definition) is 7. The average molecular weight is 720 g/mol. The summed E-state index contributed by atoms with van der Waals surface area (Å²) in [6, 6.07) is 5.83. The monoisotopic (exact) mass is 718 g/mol. The quantitative estimate of drug-likeness (QED) is 0.206. The van der Waals surface area contributed by atoms with Crippen LogP contribution in [0, 0.1) is 17.8 Å². The van der Waals surface area contributed by atoms with Crippen LogP contribution in [0.15, 0.2) is 65.8 Å². The van der Waals surface area contributed by atoms with Gasteiger partial charge in [-0.2, -0.15) is 5.10 Å². The molecule has 10 nitrogen and oxygen atoms in total. The minimum Gasteiger partial charge on any atom is -0.390 e. The number of primary amides is 1. The molecule has 1 fully saturated rings. The van der Waals surface area contributed by atoms with Crippen molar-refractivity contribution in [1.29, 1.82) is 0 Å². The van der Waals surface area contributed by atoms with Gasteiger partial charge in [0.05, 0.1) is 48.5 Å². The third-order valence-corrected chi connectivity index (χ3v) is 10.2. The number of nitrogens with two attached hydrogens (primary N) is 1. The van der Waals surface area contributed by atoms with Crippen molar-refractivity contribution in [2.45, 2.75) is 56.8 Å². The number of nitrogens with one attached hydrogen (secondary N) is 1. The van der Waals surface area contributed by atoms with E-state index in [1.54, 1.807) is 6.07 Å². The maximum Gasteiger partial charge on any atom is 0.311 e. The predicted molar refractivity (Wildman–Crippen MR) is 195 cm³/mol. The Kier molecular flexibility index (Phi) is 12.0. The van der Waals surface area contributed by atoms with Gasteiger partial charge in [-0.05, 0) is 43.0 Å². The summed E-state index contributed by atoms with van der Waals surface area (Å²) >= 11 is 12.8. The summed E-state index contributed by atoms with van der Waals surface area (Å²) < 4.78 is 7.40. The first kappa shape index (κ1) is 36.1. The van der Waals surface area contributed by atoms with E-state index in [0.717, 1.165) is 49.3 Å². The molecule has 6 rings (SSSR count). The third-order valence-electron chi connectivity index (χ3n) is 9.56. The molecule has 12 heteroatoms. The number of aliphatic hydroxyl groups excluding tert-OH is 1. The number of carbonyl (C=O) groups excluding carboxylic acids is 2. The van der Waals surface area contributed by atoms with Gasteiger partial charge in [-0.3, -0.25) is 19.2 Å². The summed E-state index contributed by atoms with van der Waals surface area (Å²) in [5.74, 6) is 4.99. The van der Waals surface area contributed by atoms with Crippen molar-refractivity contribution in [3.05, 3.63) is 87.6 Å². The largest absolute Gasteiger partial charge is 0.390 e. The molecule has 4 atom stereocenters. The minimum atomic E-state index is -0.989. The first-order valence-electron chi connectivity index (χ1n) is 17.2. The number of benzene rings is 1. The van der Waals surface area contributed by atoms with Crippen LogP contribution >= 0.6 is 23.2 Å². The topological polar surface area (TPSA) is 126 Å². The van der Waals surface area contributed by atoms with Gasteiger partial charge in [-0.15, -0.1) is 11.6 Å². The van der Waals surface area contributed by atoms with Crippen LogP contribution in [0.2, 0.25) is 5.02 Å². The van der Waals surface area contributed by atoms with Gasteiger partial charge in [0.25, 0.3) is 0 Å². The lowest BCUT2D eigenvalue weighted by molar-refractivity contribution is -0.144. The molecular formula is C38H44Cl2N6O4. The molecular weight excluding hydrogens is 675 g/mol. The van der Waals surface area contributed by atoms with Crippen LogP contribution in [0.25, 0.3) is 11.3 Å². The van der Waals surface area contributed by atoms with Gasteiger partial charge in [-0.1, -0.05) is 66.0 Å². The van der Waals surface area contributed by atoms with Crippen molar-refractivity contribution in [2.24, 2.45) is 11.7 Å². The Morgan fingerprint density at radius 3 is 2.62 bits per heavy atom. The van der Waals surface area contributed by atoms with Crippen LogP contribution in [0.1, 0.15) is 36.6 Å². The highest BCUT2D eigenvalue weighted by Crippen LogP contribution is 2.33. The van der Waals surface area contributed by atoms with Crippen molar-refractivity contribution < 1.29 is 19.4 Å². The second-order valence-corrected chi connectivity index (χ2v) is 14.3. The molecule has 1 saturated heterocycles. The third kappa shape index (κ3) is 8.96. The Hall–Kier alpha value is -3.69. The van der Waals surface area contributed by atoms with Gasteiger partial charge >= 0.3 is 11.8 Å². The van der Waals surface area contributed by atoms with E-state index < -0.39 is 17.9 Å².